The molecule has 4 rings (SSSR count). The van der Waals surface area contributed by atoms with Crippen molar-refractivity contribution in [3.63, 3.8) is 0 Å². The lowest BCUT2D eigenvalue weighted by molar-refractivity contribution is -0.123. The van der Waals surface area contributed by atoms with Crippen LogP contribution >= 0.6 is 0 Å². The molecule has 0 spiro atoms. The Kier molecular flexibility index (Phi) is 2.84. The summed E-state index contributed by atoms with van der Waals surface area (Å²) in [6.45, 7) is 3.04. The van der Waals surface area contributed by atoms with Crippen LogP contribution in [0.15, 0.2) is 36.8 Å². The summed E-state index contributed by atoms with van der Waals surface area (Å²) in [5, 5.41) is 0. The van der Waals surface area contributed by atoms with Crippen molar-refractivity contribution >= 4 is 11.6 Å². The summed E-state index contributed by atoms with van der Waals surface area (Å²) >= 11 is 0. The van der Waals surface area contributed by atoms with E-state index in [2.05, 4.69) is 34.7 Å². The maximum absolute atomic E-state index is 13.0. The number of hydrogen-bond acceptors (Lipinski definition) is 2. The molecule has 0 fully saturated rings. The molecule has 1 aromatic heterocycles. The summed E-state index contributed by atoms with van der Waals surface area (Å²) in [5.41, 5.74) is 3.58. The summed E-state index contributed by atoms with van der Waals surface area (Å²) in [4.78, 5) is 19.2. The number of hydrogen-bond donors (Lipinski definition) is 0. The van der Waals surface area contributed by atoms with Gasteiger partial charge in [0.1, 0.15) is 0 Å². The summed E-state index contributed by atoms with van der Waals surface area (Å²) in [6, 6.07) is 8.55. The standard InChI is InChI=1S/C17H19N3O/c1-12-8-13-4-2-3-5-16(13)20(12)17(21)14-6-7-19-11-18-10-15(19)9-14/h2-5,10-12,14H,6-9H2,1H3. The smallest absolute Gasteiger partial charge is 0.230 e. The molecule has 4 heteroatoms. The molecule has 0 saturated carbocycles. The molecule has 21 heavy (non-hydrogen) atoms. The van der Waals surface area contributed by atoms with Gasteiger partial charge in [-0.05, 0) is 31.4 Å². The normalized spacial score (nSPS) is 23.8. The van der Waals surface area contributed by atoms with E-state index < -0.39 is 0 Å². The second-order valence-electron chi connectivity index (χ2n) is 6.16. The first-order valence-electron chi connectivity index (χ1n) is 7.64. The predicted molar refractivity (Wildman–Crippen MR) is 81.1 cm³/mol. The fourth-order valence-corrected chi connectivity index (χ4v) is 3.68. The molecule has 108 valence electrons. The van der Waals surface area contributed by atoms with Crippen LogP contribution in [0.4, 0.5) is 5.69 Å². The quantitative estimate of drug-likeness (QED) is 0.805. The molecule has 0 bridgehead atoms. The Bertz CT molecular complexity index is 691. The first-order chi connectivity index (χ1) is 10.2. The van der Waals surface area contributed by atoms with Crippen LogP contribution in [0, 0.1) is 5.92 Å². The number of rotatable bonds is 1. The Morgan fingerprint density at radius 1 is 1.29 bits per heavy atom. The molecular formula is C17H19N3O. The largest absolute Gasteiger partial charge is 0.335 e. The summed E-state index contributed by atoms with van der Waals surface area (Å²) in [5.74, 6) is 0.364. The van der Waals surface area contributed by atoms with Crippen LogP contribution in [0.25, 0.3) is 0 Å². The van der Waals surface area contributed by atoms with Crippen molar-refractivity contribution < 1.29 is 4.79 Å². The van der Waals surface area contributed by atoms with Crippen molar-refractivity contribution in [1.82, 2.24) is 9.55 Å². The maximum atomic E-state index is 13.0. The first-order valence-corrected chi connectivity index (χ1v) is 7.64. The Morgan fingerprint density at radius 3 is 3.05 bits per heavy atom. The molecule has 2 aromatic rings. The molecule has 0 radical (unpaired) electrons. The highest BCUT2D eigenvalue weighted by atomic mass is 16.2. The van der Waals surface area contributed by atoms with Gasteiger partial charge in [-0.1, -0.05) is 18.2 Å². The molecule has 1 amide bonds. The molecule has 0 aliphatic carbocycles. The third-order valence-corrected chi connectivity index (χ3v) is 4.77. The third kappa shape index (κ3) is 1.97. The zero-order valence-corrected chi connectivity index (χ0v) is 12.2. The molecule has 0 N–H and O–H groups in total. The minimum Gasteiger partial charge on any atom is -0.335 e. The number of benzene rings is 1. The average molecular weight is 281 g/mol. The highest BCUT2D eigenvalue weighted by Gasteiger charge is 2.35. The average Bonchev–Trinajstić information content (AvgIpc) is 3.08. The molecule has 2 aliphatic heterocycles. The lowest BCUT2D eigenvalue weighted by atomic mass is 9.94. The summed E-state index contributed by atoms with van der Waals surface area (Å²) in [7, 11) is 0. The molecule has 2 atom stereocenters. The SMILES string of the molecule is CC1Cc2ccccc2N1C(=O)C1CCn2cncc2C1. The number of aromatic nitrogens is 2. The van der Waals surface area contributed by atoms with Gasteiger partial charge >= 0.3 is 0 Å². The zero-order chi connectivity index (χ0) is 14.4. The van der Waals surface area contributed by atoms with Gasteiger partial charge in [-0.15, -0.1) is 0 Å². The fourth-order valence-electron chi connectivity index (χ4n) is 3.68. The number of amides is 1. The van der Waals surface area contributed by atoms with Gasteiger partial charge in [0.25, 0.3) is 0 Å². The van der Waals surface area contributed by atoms with Crippen LogP contribution in [0.2, 0.25) is 0 Å². The van der Waals surface area contributed by atoms with E-state index in [1.54, 1.807) is 0 Å². The van der Waals surface area contributed by atoms with Gasteiger partial charge < -0.3 is 9.47 Å². The topological polar surface area (TPSA) is 38.1 Å². The van der Waals surface area contributed by atoms with Gasteiger partial charge in [-0.25, -0.2) is 4.98 Å². The van der Waals surface area contributed by atoms with E-state index in [0.717, 1.165) is 31.5 Å². The lowest BCUT2D eigenvalue weighted by Crippen LogP contribution is -2.42. The molecule has 0 saturated heterocycles. The predicted octanol–water partition coefficient (Wildman–Crippen LogP) is 2.42. The van der Waals surface area contributed by atoms with Crippen LogP contribution in [0.1, 0.15) is 24.6 Å². The Hall–Kier alpha value is -2.10. The molecule has 1 aromatic carbocycles. The van der Waals surface area contributed by atoms with Gasteiger partial charge in [0.2, 0.25) is 5.91 Å². The molecule has 3 heterocycles. The minimum absolute atomic E-state index is 0.0859. The maximum Gasteiger partial charge on any atom is 0.230 e. The number of imidazole rings is 1. The van der Waals surface area contributed by atoms with E-state index in [-0.39, 0.29) is 17.9 Å². The second kappa shape index (κ2) is 4.72. The van der Waals surface area contributed by atoms with Crippen LogP contribution in [0.3, 0.4) is 0 Å². The molecule has 2 aliphatic rings. The zero-order valence-electron chi connectivity index (χ0n) is 12.2. The Morgan fingerprint density at radius 2 is 2.14 bits per heavy atom. The minimum atomic E-state index is 0.0859. The Labute approximate surface area is 124 Å². The first kappa shape index (κ1) is 12.6. The van der Waals surface area contributed by atoms with Crippen molar-refractivity contribution in [1.29, 1.82) is 0 Å². The van der Waals surface area contributed by atoms with E-state index in [0.29, 0.717) is 0 Å². The number of carbonyl (C=O) groups is 1. The molecular weight excluding hydrogens is 262 g/mol. The van der Waals surface area contributed by atoms with Gasteiger partial charge in [-0.2, -0.15) is 0 Å². The number of anilines is 1. The summed E-state index contributed by atoms with van der Waals surface area (Å²) in [6.07, 6.45) is 6.44. The van der Waals surface area contributed by atoms with Gasteiger partial charge in [0, 0.05) is 42.5 Å². The second-order valence-corrected chi connectivity index (χ2v) is 6.16. The number of aryl methyl sites for hydroxylation is 1. The number of fused-ring (bicyclic) bond motifs is 2. The summed E-state index contributed by atoms with van der Waals surface area (Å²) < 4.78 is 2.16. The van der Waals surface area contributed by atoms with Crippen molar-refractivity contribution in [3.05, 3.63) is 48.0 Å². The van der Waals surface area contributed by atoms with E-state index in [1.165, 1.54) is 11.3 Å². The fraction of sp³-hybridized carbons (Fsp3) is 0.412. The van der Waals surface area contributed by atoms with E-state index in [1.807, 2.05) is 23.5 Å². The van der Waals surface area contributed by atoms with Crippen molar-refractivity contribution in [2.45, 2.75) is 38.8 Å². The molecule has 4 nitrogen and oxygen atoms in total. The van der Waals surface area contributed by atoms with Crippen LogP contribution in [-0.4, -0.2) is 21.5 Å². The highest BCUT2D eigenvalue weighted by molar-refractivity contribution is 5.97. The third-order valence-electron chi connectivity index (χ3n) is 4.77. The lowest BCUT2D eigenvalue weighted by Gasteiger charge is -2.30. The monoisotopic (exact) mass is 281 g/mol. The number of nitrogens with zero attached hydrogens (tertiary/aromatic N) is 3. The van der Waals surface area contributed by atoms with Crippen LogP contribution in [-0.2, 0) is 24.2 Å². The van der Waals surface area contributed by atoms with Crippen molar-refractivity contribution in [2.24, 2.45) is 5.92 Å². The van der Waals surface area contributed by atoms with Crippen LogP contribution < -0.4 is 4.90 Å². The van der Waals surface area contributed by atoms with Crippen molar-refractivity contribution in [3.8, 4) is 0 Å². The van der Waals surface area contributed by atoms with Gasteiger partial charge in [0.15, 0.2) is 0 Å². The van der Waals surface area contributed by atoms with E-state index >= 15 is 0 Å². The number of para-hydroxylation sites is 1. The van der Waals surface area contributed by atoms with Crippen LogP contribution in [0.5, 0.6) is 0 Å². The highest BCUT2D eigenvalue weighted by Crippen LogP contribution is 2.34. The number of carbonyl (C=O) groups excluding carboxylic acids is 1. The van der Waals surface area contributed by atoms with Crippen molar-refractivity contribution in [2.75, 3.05) is 4.90 Å². The van der Waals surface area contributed by atoms with Gasteiger partial charge in [0.05, 0.1) is 6.33 Å². The van der Waals surface area contributed by atoms with E-state index in [4.69, 9.17) is 0 Å². The Balaban J connectivity index is 1.61. The molecule has 2 unspecified atom stereocenters. The van der Waals surface area contributed by atoms with E-state index in [9.17, 15) is 4.79 Å². The van der Waals surface area contributed by atoms with Gasteiger partial charge in [-0.3, -0.25) is 4.79 Å².